The van der Waals surface area contributed by atoms with E-state index in [2.05, 4.69) is 10.3 Å². The highest BCUT2D eigenvalue weighted by atomic mass is 32.2. The summed E-state index contributed by atoms with van der Waals surface area (Å²) in [5, 5.41) is 3.05. The van der Waals surface area contributed by atoms with Crippen LogP contribution in [0.3, 0.4) is 0 Å². The second kappa shape index (κ2) is 7.23. The normalized spacial score (nSPS) is 15.1. The van der Waals surface area contributed by atoms with Crippen LogP contribution in [0.25, 0.3) is 0 Å². The largest absolute Gasteiger partial charge is 0.301 e. The lowest BCUT2D eigenvalue weighted by Crippen LogP contribution is -2.44. The van der Waals surface area contributed by atoms with Crippen LogP contribution in [0.5, 0.6) is 0 Å². The first kappa shape index (κ1) is 20.9. The Morgan fingerprint density at radius 3 is 2.18 bits per heavy atom. The third-order valence-electron chi connectivity index (χ3n) is 4.85. The van der Waals surface area contributed by atoms with Crippen molar-refractivity contribution in [2.45, 2.75) is 54.1 Å². The number of hydrogen-bond acceptors (Lipinski definition) is 7. The molecule has 1 aliphatic rings. The van der Waals surface area contributed by atoms with E-state index in [0.717, 1.165) is 42.5 Å². The minimum Gasteiger partial charge on any atom is -0.301 e. The van der Waals surface area contributed by atoms with Gasteiger partial charge in [0.05, 0.1) is 15.5 Å². The molecule has 3 rings (SSSR count). The van der Waals surface area contributed by atoms with Crippen LogP contribution in [-0.4, -0.2) is 38.7 Å². The molecule has 1 amide bonds. The van der Waals surface area contributed by atoms with Crippen LogP contribution in [-0.2, 0) is 37.3 Å². The molecule has 2 aromatic rings. The Bertz CT molecular complexity index is 1090. The van der Waals surface area contributed by atoms with Crippen molar-refractivity contribution in [2.24, 2.45) is 0 Å². The molecule has 152 valence electrons. The zero-order chi connectivity index (χ0) is 20.7. The van der Waals surface area contributed by atoms with Crippen molar-refractivity contribution in [3.05, 3.63) is 34.8 Å². The summed E-state index contributed by atoms with van der Waals surface area (Å²) in [6.45, 7) is 2.66. The minimum atomic E-state index is -4.05. The van der Waals surface area contributed by atoms with E-state index in [-0.39, 0.29) is 9.79 Å². The molecule has 0 spiro atoms. The Hall–Kier alpha value is -1.78. The third kappa shape index (κ3) is 3.85. The number of anilines is 1. The molecule has 0 fully saturated rings. The Kier molecular flexibility index (Phi) is 5.41. The number of aromatic nitrogens is 1. The van der Waals surface area contributed by atoms with Crippen molar-refractivity contribution in [3.63, 3.8) is 0 Å². The van der Waals surface area contributed by atoms with Crippen LogP contribution in [0.1, 0.15) is 37.3 Å². The lowest BCUT2D eigenvalue weighted by molar-refractivity contribution is -0.117. The average molecular weight is 443 g/mol. The smallest absolute Gasteiger partial charge is 0.247 e. The number of benzene rings is 1. The lowest BCUT2D eigenvalue weighted by Gasteiger charge is -2.23. The SMILES string of the molecule is CC(C)(C(=O)Nc1nc2c(s1)CCCC2)S(=O)(=O)c1ccc(S(C)(=O)=O)cc1. The molecule has 0 radical (unpaired) electrons. The number of nitrogens with zero attached hydrogens (tertiary/aromatic N) is 1. The van der Waals surface area contributed by atoms with Gasteiger partial charge in [-0.1, -0.05) is 0 Å². The van der Waals surface area contributed by atoms with Crippen molar-refractivity contribution in [1.29, 1.82) is 0 Å². The summed E-state index contributed by atoms with van der Waals surface area (Å²) in [6.07, 6.45) is 4.99. The molecule has 0 aliphatic heterocycles. The maximum absolute atomic E-state index is 13.0. The summed E-state index contributed by atoms with van der Waals surface area (Å²) in [4.78, 5) is 18.2. The van der Waals surface area contributed by atoms with Gasteiger partial charge >= 0.3 is 0 Å². The summed E-state index contributed by atoms with van der Waals surface area (Å²) < 4.78 is 47.4. The molecule has 1 N–H and O–H groups in total. The summed E-state index contributed by atoms with van der Waals surface area (Å²) in [5.41, 5.74) is 0.976. The van der Waals surface area contributed by atoms with E-state index in [9.17, 15) is 21.6 Å². The zero-order valence-electron chi connectivity index (χ0n) is 15.9. The van der Waals surface area contributed by atoms with E-state index in [1.54, 1.807) is 0 Å². The molecule has 1 aromatic carbocycles. The van der Waals surface area contributed by atoms with E-state index in [0.29, 0.717) is 5.13 Å². The molecular formula is C18H22N2O5S3. The predicted molar refractivity (Wildman–Crippen MR) is 108 cm³/mol. The molecule has 0 atom stereocenters. The lowest BCUT2D eigenvalue weighted by atomic mass is 10.0. The van der Waals surface area contributed by atoms with Crippen LogP contribution >= 0.6 is 11.3 Å². The highest BCUT2D eigenvalue weighted by Crippen LogP contribution is 2.32. The van der Waals surface area contributed by atoms with Gasteiger partial charge in [0.1, 0.15) is 4.75 Å². The molecule has 1 heterocycles. The Morgan fingerprint density at radius 2 is 1.61 bits per heavy atom. The van der Waals surface area contributed by atoms with E-state index in [1.165, 1.54) is 49.4 Å². The van der Waals surface area contributed by atoms with Gasteiger partial charge < -0.3 is 5.32 Å². The summed E-state index contributed by atoms with van der Waals surface area (Å²) >= 11 is 1.39. The van der Waals surface area contributed by atoms with E-state index in [4.69, 9.17) is 0 Å². The maximum Gasteiger partial charge on any atom is 0.247 e. The number of rotatable bonds is 5. The second-order valence-corrected chi connectivity index (χ2v) is 12.9. The fourth-order valence-electron chi connectivity index (χ4n) is 2.94. The van der Waals surface area contributed by atoms with Gasteiger partial charge in [-0.3, -0.25) is 4.79 Å². The molecule has 1 aliphatic carbocycles. The molecule has 1 aromatic heterocycles. The standard InChI is InChI=1S/C18H22N2O5S3/c1-18(2,16(21)20-17-19-14-6-4-5-7-15(14)26-17)28(24,25)13-10-8-12(9-11-13)27(3,22)23/h8-11H,4-7H2,1-3H3,(H,19,20,21). The monoisotopic (exact) mass is 442 g/mol. The molecule has 28 heavy (non-hydrogen) atoms. The quantitative estimate of drug-likeness (QED) is 0.762. The van der Waals surface area contributed by atoms with Gasteiger partial charge in [0, 0.05) is 11.1 Å². The third-order valence-corrected chi connectivity index (χ3v) is 9.47. The molecule has 0 unspecified atom stereocenters. The molecule has 0 saturated heterocycles. The molecular weight excluding hydrogens is 420 g/mol. The Balaban J connectivity index is 1.85. The van der Waals surface area contributed by atoms with Gasteiger partial charge in [-0.25, -0.2) is 21.8 Å². The Labute approximate surface area is 169 Å². The number of carbonyl (C=O) groups is 1. The number of sulfone groups is 2. The van der Waals surface area contributed by atoms with Crippen LogP contribution in [0.2, 0.25) is 0 Å². The van der Waals surface area contributed by atoms with Crippen LogP contribution in [0.15, 0.2) is 34.1 Å². The van der Waals surface area contributed by atoms with Crippen LogP contribution in [0.4, 0.5) is 5.13 Å². The molecule has 0 bridgehead atoms. The number of aryl methyl sites for hydroxylation is 2. The average Bonchev–Trinajstić information content (AvgIpc) is 3.03. The summed E-state index contributed by atoms with van der Waals surface area (Å²) in [7, 11) is -7.49. The predicted octanol–water partition coefficient (Wildman–Crippen LogP) is 2.62. The van der Waals surface area contributed by atoms with E-state index in [1.807, 2.05) is 0 Å². The van der Waals surface area contributed by atoms with Gasteiger partial charge in [0.25, 0.3) is 0 Å². The van der Waals surface area contributed by atoms with Gasteiger partial charge in [-0.05, 0) is 63.8 Å². The fourth-order valence-corrected chi connectivity index (χ4v) is 5.99. The van der Waals surface area contributed by atoms with Crippen molar-refractivity contribution in [2.75, 3.05) is 11.6 Å². The van der Waals surface area contributed by atoms with Gasteiger partial charge in [0.15, 0.2) is 24.8 Å². The second-order valence-electron chi connectivity index (χ2n) is 7.31. The van der Waals surface area contributed by atoms with E-state index < -0.39 is 30.3 Å². The van der Waals surface area contributed by atoms with Crippen molar-refractivity contribution < 1.29 is 21.6 Å². The van der Waals surface area contributed by atoms with E-state index >= 15 is 0 Å². The molecule has 7 nitrogen and oxygen atoms in total. The van der Waals surface area contributed by atoms with Gasteiger partial charge in [-0.2, -0.15) is 0 Å². The Morgan fingerprint density at radius 1 is 1.04 bits per heavy atom. The first-order valence-electron chi connectivity index (χ1n) is 8.78. The first-order valence-corrected chi connectivity index (χ1v) is 13.0. The summed E-state index contributed by atoms with van der Waals surface area (Å²) in [6, 6.07) is 4.88. The van der Waals surface area contributed by atoms with Crippen molar-refractivity contribution in [1.82, 2.24) is 4.98 Å². The maximum atomic E-state index is 13.0. The van der Waals surface area contributed by atoms with Gasteiger partial charge in [-0.15, -0.1) is 11.3 Å². The van der Waals surface area contributed by atoms with Crippen LogP contribution < -0.4 is 5.32 Å². The number of amides is 1. The number of hydrogen-bond donors (Lipinski definition) is 1. The molecule has 10 heteroatoms. The van der Waals surface area contributed by atoms with Crippen molar-refractivity contribution in [3.8, 4) is 0 Å². The fraction of sp³-hybridized carbons (Fsp3) is 0.444. The number of nitrogens with one attached hydrogen (secondary N) is 1. The highest BCUT2D eigenvalue weighted by molar-refractivity contribution is 7.93. The first-order chi connectivity index (χ1) is 12.9. The minimum absolute atomic E-state index is 0.0158. The topological polar surface area (TPSA) is 110 Å². The zero-order valence-corrected chi connectivity index (χ0v) is 18.3. The number of carbonyl (C=O) groups excluding carboxylic acids is 1. The van der Waals surface area contributed by atoms with Gasteiger partial charge in [0.2, 0.25) is 5.91 Å². The highest BCUT2D eigenvalue weighted by Gasteiger charge is 2.43. The molecule has 0 saturated carbocycles. The number of thiazole rings is 1. The summed E-state index contributed by atoms with van der Waals surface area (Å²) in [5.74, 6) is -0.675. The van der Waals surface area contributed by atoms with Crippen molar-refractivity contribution >= 4 is 42.1 Å². The number of fused-ring (bicyclic) bond motifs is 1. The van der Waals surface area contributed by atoms with Crippen LogP contribution in [0, 0.1) is 0 Å².